The van der Waals surface area contributed by atoms with Crippen molar-refractivity contribution in [2.75, 3.05) is 0 Å². The van der Waals surface area contributed by atoms with Crippen LogP contribution in [0.3, 0.4) is 0 Å². The molecule has 2 fully saturated rings. The van der Waals surface area contributed by atoms with Crippen molar-refractivity contribution in [2.24, 2.45) is 23.7 Å². The Morgan fingerprint density at radius 2 is 1.95 bits per heavy atom. The van der Waals surface area contributed by atoms with E-state index in [2.05, 4.69) is 11.4 Å². The van der Waals surface area contributed by atoms with Gasteiger partial charge in [-0.05, 0) is 43.9 Å². The molecule has 3 N–H and O–H groups in total. The molecule has 6 atom stereocenters. The van der Waals surface area contributed by atoms with Crippen molar-refractivity contribution >= 4 is 11.7 Å². The number of ketones is 1. The van der Waals surface area contributed by atoms with Crippen LogP contribution in [0.15, 0.2) is 23.5 Å². The first-order chi connectivity index (χ1) is 10.4. The van der Waals surface area contributed by atoms with E-state index in [0.717, 1.165) is 6.42 Å². The van der Waals surface area contributed by atoms with Crippen LogP contribution in [0, 0.1) is 23.7 Å². The first-order valence-corrected chi connectivity index (χ1v) is 8.04. The number of carbonyl (C=O) groups is 2. The SMILES string of the molecule is CC1NC(=O)C(=C(O)C2C(C)C=CC3CC(O)CCC32)C1=O. The Balaban J connectivity index is 1.97. The van der Waals surface area contributed by atoms with Crippen LogP contribution in [0.1, 0.15) is 33.1 Å². The molecule has 3 aliphatic rings. The molecular weight excluding hydrogens is 282 g/mol. The van der Waals surface area contributed by atoms with Crippen LogP contribution in [0.25, 0.3) is 0 Å². The molecule has 2 aliphatic carbocycles. The normalized spacial score (nSPS) is 43.8. The Morgan fingerprint density at radius 1 is 1.23 bits per heavy atom. The zero-order valence-corrected chi connectivity index (χ0v) is 13.0. The lowest BCUT2D eigenvalue weighted by Crippen LogP contribution is -2.38. The zero-order valence-electron chi connectivity index (χ0n) is 13.0. The second kappa shape index (κ2) is 5.54. The minimum absolute atomic E-state index is 0.0601. The second-order valence-corrected chi connectivity index (χ2v) is 6.88. The highest BCUT2D eigenvalue weighted by Gasteiger charge is 2.44. The van der Waals surface area contributed by atoms with Crippen molar-refractivity contribution in [2.45, 2.75) is 45.3 Å². The lowest BCUT2D eigenvalue weighted by atomic mass is 9.63. The third-order valence-electron chi connectivity index (χ3n) is 5.40. The minimum Gasteiger partial charge on any atom is -0.511 e. The average Bonchev–Trinajstić information content (AvgIpc) is 2.71. The highest BCUT2D eigenvalue weighted by atomic mass is 16.3. The van der Waals surface area contributed by atoms with Gasteiger partial charge in [0.15, 0.2) is 5.78 Å². The predicted molar refractivity (Wildman–Crippen MR) is 80.9 cm³/mol. The molecule has 6 unspecified atom stereocenters. The van der Waals surface area contributed by atoms with Gasteiger partial charge in [0.05, 0.1) is 12.1 Å². The maximum Gasteiger partial charge on any atom is 0.259 e. The smallest absolute Gasteiger partial charge is 0.259 e. The third kappa shape index (κ3) is 2.37. The van der Waals surface area contributed by atoms with Crippen LogP contribution in [-0.4, -0.2) is 34.0 Å². The molecule has 1 amide bonds. The van der Waals surface area contributed by atoms with Crippen molar-refractivity contribution in [1.82, 2.24) is 5.32 Å². The van der Waals surface area contributed by atoms with Gasteiger partial charge in [-0.15, -0.1) is 0 Å². The molecular formula is C17H23NO4. The number of allylic oxidation sites excluding steroid dienone is 3. The number of hydrogen-bond donors (Lipinski definition) is 3. The zero-order chi connectivity index (χ0) is 16.0. The van der Waals surface area contributed by atoms with Gasteiger partial charge in [0.25, 0.3) is 5.91 Å². The Kier molecular flexibility index (Phi) is 3.85. The molecule has 0 aromatic heterocycles. The van der Waals surface area contributed by atoms with Crippen molar-refractivity contribution in [1.29, 1.82) is 0 Å². The molecule has 120 valence electrons. The van der Waals surface area contributed by atoms with Gasteiger partial charge in [0.2, 0.25) is 0 Å². The Hall–Kier alpha value is -1.62. The van der Waals surface area contributed by atoms with Crippen LogP contribution in [0.2, 0.25) is 0 Å². The fraction of sp³-hybridized carbons (Fsp3) is 0.647. The fourth-order valence-corrected chi connectivity index (χ4v) is 4.22. The molecule has 0 spiro atoms. The molecule has 0 aromatic carbocycles. The summed E-state index contributed by atoms with van der Waals surface area (Å²) in [7, 11) is 0. The average molecular weight is 305 g/mol. The predicted octanol–water partition coefficient (Wildman–Crippen LogP) is 1.49. The van der Waals surface area contributed by atoms with E-state index in [-0.39, 0.29) is 46.9 Å². The molecule has 1 aliphatic heterocycles. The highest BCUT2D eigenvalue weighted by molar-refractivity contribution is 6.26. The van der Waals surface area contributed by atoms with Gasteiger partial charge in [-0.25, -0.2) is 0 Å². The second-order valence-electron chi connectivity index (χ2n) is 6.88. The highest BCUT2D eigenvalue weighted by Crippen LogP contribution is 2.46. The van der Waals surface area contributed by atoms with Gasteiger partial charge >= 0.3 is 0 Å². The molecule has 3 rings (SSSR count). The quantitative estimate of drug-likeness (QED) is 0.296. The van der Waals surface area contributed by atoms with Crippen LogP contribution in [0.4, 0.5) is 0 Å². The number of Topliss-reactive ketones (excluding diaryl/α,β-unsaturated/α-hetero) is 1. The summed E-state index contributed by atoms with van der Waals surface area (Å²) in [4.78, 5) is 24.1. The number of carbonyl (C=O) groups excluding carboxylic acids is 2. The standard InChI is InChI=1S/C17H23NO4/c1-8-3-4-10-7-11(19)5-6-12(10)13(8)16(21)14-15(20)9(2)18-17(14)22/h3-4,8-13,19,21H,5-7H2,1-2H3,(H,18,22). The summed E-state index contributed by atoms with van der Waals surface area (Å²) in [6, 6.07) is -0.567. The van der Waals surface area contributed by atoms with Gasteiger partial charge in [-0.2, -0.15) is 0 Å². The number of hydrogen-bond acceptors (Lipinski definition) is 4. The van der Waals surface area contributed by atoms with Crippen LogP contribution >= 0.6 is 0 Å². The summed E-state index contributed by atoms with van der Waals surface area (Å²) >= 11 is 0. The van der Waals surface area contributed by atoms with E-state index in [4.69, 9.17) is 0 Å². The van der Waals surface area contributed by atoms with Crippen LogP contribution in [-0.2, 0) is 9.59 Å². The molecule has 0 radical (unpaired) electrons. The number of amides is 1. The van der Waals surface area contributed by atoms with Gasteiger partial charge in [-0.3, -0.25) is 9.59 Å². The van der Waals surface area contributed by atoms with Crippen LogP contribution in [0.5, 0.6) is 0 Å². The van der Waals surface area contributed by atoms with E-state index in [0.29, 0.717) is 12.8 Å². The fourth-order valence-electron chi connectivity index (χ4n) is 4.22. The molecule has 1 heterocycles. The van der Waals surface area contributed by atoms with E-state index < -0.39 is 11.9 Å². The lowest BCUT2D eigenvalue weighted by molar-refractivity contribution is -0.117. The number of fused-ring (bicyclic) bond motifs is 1. The van der Waals surface area contributed by atoms with Crippen molar-refractivity contribution in [3.8, 4) is 0 Å². The Bertz CT molecular complexity index is 565. The molecule has 0 aromatic rings. The summed E-state index contributed by atoms with van der Waals surface area (Å²) < 4.78 is 0. The summed E-state index contributed by atoms with van der Waals surface area (Å²) in [6.07, 6.45) is 6.04. The van der Waals surface area contributed by atoms with Crippen LogP contribution < -0.4 is 5.32 Å². The minimum atomic E-state index is -0.567. The lowest BCUT2D eigenvalue weighted by Gasteiger charge is -2.42. The first kappa shape index (κ1) is 15.3. The molecule has 0 bridgehead atoms. The number of nitrogens with one attached hydrogen (secondary N) is 1. The number of aliphatic hydroxyl groups is 2. The largest absolute Gasteiger partial charge is 0.511 e. The third-order valence-corrected chi connectivity index (χ3v) is 5.40. The van der Waals surface area contributed by atoms with Crippen molar-refractivity contribution < 1.29 is 19.8 Å². The Morgan fingerprint density at radius 3 is 2.59 bits per heavy atom. The van der Waals surface area contributed by atoms with E-state index >= 15 is 0 Å². The van der Waals surface area contributed by atoms with Crippen molar-refractivity contribution in [3.05, 3.63) is 23.5 Å². The Labute approximate surface area is 130 Å². The van der Waals surface area contributed by atoms with Gasteiger partial charge in [0.1, 0.15) is 11.3 Å². The molecule has 5 heteroatoms. The first-order valence-electron chi connectivity index (χ1n) is 8.04. The maximum atomic E-state index is 12.2. The van der Waals surface area contributed by atoms with E-state index in [1.165, 1.54) is 0 Å². The van der Waals surface area contributed by atoms with E-state index in [1.54, 1.807) is 6.92 Å². The summed E-state index contributed by atoms with van der Waals surface area (Å²) in [5.74, 6) is -0.633. The van der Waals surface area contributed by atoms with Gasteiger partial charge < -0.3 is 15.5 Å². The summed E-state index contributed by atoms with van der Waals surface area (Å²) in [6.45, 7) is 3.63. The molecule has 22 heavy (non-hydrogen) atoms. The van der Waals surface area contributed by atoms with Crippen molar-refractivity contribution in [3.63, 3.8) is 0 Å². The topological polar surface area (TPSA) is 86.6 Å². The number of rotatable bonds is 1. The molecule has 5 nitrogen and oxygen atoms in total. The van der Waals surface area contributed by atoms with E-state index in [9.17, 15) is 19.8 Å². The van der Waals surface area contributed by atoms with Gasteiger partial charge in [-0.1, -0.05) is 19.1 Å². The monoisotopic (exact) mass is 305 g/mol. The number of aliphatic hydroxyl groups excluding tert-OH is 2. The molecule has 1 saturated carbocycles. The summed E-state index contributed by atoms with van der Waals surface area (Å²) in [5.41, 5.74) is -0.0653. The van der Waals surface area contributed by atoms with E-state index in [1.807, 2.05) is 13.0 Å². The van der Waals surface area contributed by atoms with Gasteiger partial charge in [0, 0.05) is 5.92 Å². The molecule has 1 saturated heterocycles. The summed E-state index contributed by atoms with van der Waals surface area (Å²) in [5, 5.41) is 23.1. The maximum absolute atomic E-state index is 12.2.